The molecule has 0 aromatic heterocycles. The fraction of sp³-hybridized carbons (Fsp3) is 0.667. The zero-order valence-electron chi connectivity index (χ0n) is 31.3. The van der Waals surface area contributed by atoms with Crippen LogP contribution in [0.4, 0.5) is 0 Å². The summed E-state index contributed by atoms with van der Waals surface area (Å²) in [5, 5.41) is 0. The molecule has 0 atom stereocenters. The van der Waals surface area contributed by atoms with Gasteiger partial charge in [0.1, 0.15) is 44.9 Å². The van der Waals surface area contributed by atoms with Crippen molar-refractivity contribution in [3.8, 4) is 11.5 Å². The monoisotopic (exact) mass is 774 g/mol. The second-order valence-electron chi connectivity index (χ2n) is 12.0. The van der Waals surface area contributed by atoms with Gasteiger partial charge in [-0.05, 0) is 61.1 Å². The molecule has 2 aromatic carbocycles. The summed E-state index contributed by atoms with van der Waals surface area (Å²) in [5.74, 6) is 0.0446. The van der Waals surface area contributed by atoms with Crippen molar-refractivity contribution in [3.05, 3.63) is 47.5 Å². The van der Waals surface area contributed by atoms with Crippen molar-refractivity contribution in [2.24, 2.45) is 0 Å². The predicted octanol–water partition coefficient (Wildman–Crippen LogP) is 0.816. The molecule has 15 heteroatoms. The van der Waals surface area contributed by atoms with E-state index in [-0.39, 0.29) is 120 Å². The molecule has 0 radical (unpaired) electrons. The van der Waals surface area contributed by atoms with Crippen LogP contribution in [-0.4, -0.2) is 78.8 Å². The van der Waals surface area contributed by atoms with Gasteiger partial charge in [0.15, 0.2) is 0 Å². The zero-order valence-corrected chi connectivity index (χ0v) is 37.0. The number of hydrogen-bond acceptors (Lipinski definition) is 11. The summed E-state index contributed by atoms with van der Waals surface area (Å²) in [6.07, 6.45) is 14.9. The van der Waals surface area contributed by atoms with Gasteiger partial charge >= 0.3 is 59.1 Å². The molecule has 0 saturated heterocycles. The molecule has 0 aliphatic rings. The van der Waals surface area contributed by atoms with Gasteiger partial charge in [-0.1, -0.05) is 90.2 Å². The Kier molecular flexibility index (Phi) is 29.9. The number of benzene rings is 2. The van der Waals surface area contributed by atoms with Gasteiger partial charge < -0.3 is 32.8 Å². The van der Waals surface area contributed by atoms with Crippen LogP contribution in [0.5, 0.6) is 11.5 Å². The van der Waals surface area contributed by atoms with Gasteiger partial charge in [0.05, 0.1) is 49.4 Å². The van der Waals surface area contributed by atoms with E-state index in [0.29, 0.717) is 26.1 Å². The third-order valence-electron chi connectivity index (χ3n) is 7.91. The molecule has 0 saturated carbocycles. The van der Waals surface area contributed by atoms with Crippen LogP contribution < -0.4 is 68.6 Å². The molecule has 0 fully saturated rings. The number of rotatable bonds is 30. The topological polar surface area (TPSA) is 161 Å². The van der Waals surface area contributed by atoms with Crippen molar-refractivity contribution in [3.63, 3.8) is 0 Å². The van der Waals surface area contributed by atoms with E-state index in [4.69, 9.17) is 23.7 Å². The Balaban J connectivity index is 0.0000125. The average Bonchev–Trinajstić information content (AvgIpc) is 3.06. The van der Waals surface area contributed by atoms with E-state index in [9.17, 15) is 25.9 Å². The normalized spacial score (nSPS) is 11.5. The SMILES string of the molecule is CCCCCCCCc1ccc(OCCOCCOCCOCCOc2ccc(CCCCCCCC)cc2S(=O)(=O)[O-])c(S(=O)(=O)[O-])c1.[Na+].[Na+]. The minimum atomic E-state index is -4.69. The molecule has 0 aliphatic carbocycles. The number of hydrogen-bond donors (Lipinski definition) is 0. The van der Waals surface area contributed by atoms with Gasteiger partial charge in [-0.3, -0.25) is 0 Å². The van der Waals surface area contributed by atoms with Gasteiger partial charge in [0.25, 0.3) is 0 Å². The van der Waals surface area contributed by atoms with Crippen LogP contribution in [-0.2, 0) is 47.3 Å². The Bertz CT molecular complexity index is 1300. The van der Waals surface area contributed by atoms with Crippen LogP contribution in [0, 0.1) is 0 Å². The largest absolute Gasteiger partial charge is 1.00 e. The van der Waals surface area contributed by atoms with Crippen molar-refractivity contribution < 1.29 is 109 Å². The molecule has 280 valence electrons. The van der Waals surface area contributed by atoms with E-state index in [1.807, 2.05) is 0 Å². The van der Waals surface area contributed by atoms with Gasteiger partial charge in [0.2, 0.25) is 0 Å². The molecule has 0 amide bonds. The van der Waals surface area contributed by atoms with Crippen molar-refractivity contribution in [1.29, 1.82) is 0 Å². The summed E-state index contributed by atoms with van der Waals surface area (Å²) in [4.78, 5) is -0.699. The first-order valence-electron chi connectivity index (χ1n) is 17.7. The molecular weight excluding hydrogens is 718 g/mol. The standard InChI is InChI=1S/C36H58O11S2.2Na/c1-3-5-7-9-11-13-15-31-17-19-33(35(29-31)48(37,38)39)46-27-25-44-23-21-43-22-24-45-26-28-47-34-20-18-32(30-36(34)49(40,41)42)16-14-12-10-8-6-4-2;;/h17-20,29-30H,3-16,21-28H2,1-2H3,(H,37,38,39)(H,40,41,42);;/q;2*+1/p-2. The molecule has 51 heavy (non-hydrogen) atoms. The van der Waals surface area contributed by atoms with Crippen LogP contribution in [0.3, 0.4) is 0 Å². The van der Waals surface area contributed by atoms with Crippen LogP contribution in [0.15, 0.2) is 46.2 Å². The van der Waals surface area contributed by atoms with E-state index in [1.54, 1.807) is 12.1 Å². The molecule has 2 aromatic rings. The Hall–Kier alpha value is -0.260. The van der Waals surface area contributed by atoms with E-state index in [2.05, 4.69) is 13.8 Å². The first kappa shape index (κ1) is 50.7. The molecule has 0 aliphatic heterocycles. The maximum Gasteiger partial charge on any atom is 1.00 e. The van der Waals surface area contributed by atoms with Crippen molar-refractivity contribution in [2.75, 3.05) is 52.9 Å². The van der Waals surface area contributed by atoms with Crippen LogP contribution in [0.2, 0.25) is 0 Å². The Morgan fingerprint density at radius 3 is 1.12 bits per heavy atom. The smallest absolute Gasteiger partial charge is 0.744 e. The van der Waals surface area contributed by atoms with Gasteiger partial charge in [0, 0.05) is 0 Å². The maximum atomic E-state index is 11.8. The van der Waals surface area contributed by atoms with Crippen LogP contribution >= 0.6 is 0 Å². The number of ether oxygens (including phenoxy) is 5. The number of unbranched alkanes of at least 4 members (excludes halogenated alkanes) is 10. The van der Waals surface area contributed by atoms with E-state index in [1.165, 1.54) is 62.8 Å². The summed E-state index contributed by atoms with van der Waals surface area (Å²) >= 11 is 0. The van der Waals surface area contributed by atoms with Gasteiger partial charge in [-0.25, -0.2) is 16.8 Å². The quantitative estimate of drug-likeness (QED) is 0.0628. The second kappa shape index (κ2) is 30.0. The fourth-order valence-corrected chi connectivity index (χ4v) is 6.57. The summed E-state index contributed by atoms with van der Waals surface area (Å²) < 4.78 is 98.4. The summed E-state index contributed by atoms with van der Waals surface area (Å²) in [6.45, 7) is 5.97. The van der Waals surface area contributed by atoms with Crippen molar-refractivity contribution >= 4 is 20.2 Å². The molecule has 11 nitrogen and oxygen atoms in total. The Labute approximate surface area is 351 Å². The molecule has 0 heterocycles. The van der Waals surface area contributed by atoms with Crippen LogP contribution in [0.25, 0.3) is 0 Å². The van der Waals surface area contributed by atoms with Gasteiger partial charge in [-0.2, -0.15) is 0 Å². The second-order valence-corrected chi connectivity index (χ2v) is 14.7. The van der Waals surface area contributed by atoms with E-state index < -0.39 is 20.2 Å². The van der Waals surface area contributed by atoms with Gasteiger partial charge in [-0.15, -0.1) is 0 Å². The zero-order chi connectivity index (χ0) is 35.8. The van der Waals surface area contributed by atoms with Crippen LogP contribution in [0.1, 0.15) is 102 Å². The first-order chi connectivity index (χ1) is 23.6. The minimum Gasteiger partial charge on any atom is -0.744 e. The summed E-state index contributed by atoms with van der Waals surface area (Å²) in [6, 6.07) is 9.47. The molecule has 2 rings (SSSR count). The minimum absolute atomic E-state index is 0. The third kappa shape index (κ3) is 23.3. The molecule has 0 spiro atoms. The van der Waals surface area contributed by atoms with E-state index >= 15 is 0 Å². The van der Waals surface area contributed by atoms with Crippen molar-refractivity contribution in [1.82, 2.24) is 0 Å². The fourth-order valence-electron chi connectivity index (χ4n) is 5.23. The van der Waals surface area contributed by atoms with Crippen molar-refractivity contribution in [2.45, 2.75) is 114 Å². The average molecular weight is 775 g/mol. The Morgan fingerprint density at radius 1 is 0.471 bits per heavy atom. The molecule has 0 N–H and O–H groups in total. The Morgan fingerprint density at radius 2 is 0.784 bits per heavy atom. The third-order valence-corrected chi connectivity index (χ3v) is 9.62. The first-order valence-corrected chi connectivity index (χ1v) is 20.5. The van der Waals surface area contributed by atoms with E-state index in [0.717, 1.165) is 49.7 Å². The molecular formula is C36H56Na2O11S2. The molecule has 0 bridgehead atoms. The maximum absolute atomic E-state index is 11.8. The predicted molar refractivity (Wildman–Crippen MR) is 186 cm³/mol. The summed E-state index contributed by atoms with van der Waals surface area (Å²) in [5.41, 5.74) is 1.60. The summed E-state index contributed by atoms with van der Waals surface area (Å²) in [7, 11) is -9.37. The molecule has 0 unspecified atom stereocenters. The number of aryl methyl sites for hydroxylation is 2.